The van der Waals surface area contributed by atoms with Gasteiger partial charge in [0.25, 0.3) is 0 Å². The monoisotopic (exact) mass is 262 g/mol. The summed E-state index contributed by atoms with van der Waals surface area (Å²) in [4.78, 5) is 13.2. The molecule has 17 heavy (non-hydrogen) atoms. The normalized spacial score (nSPS) is 32.5. The topological polar surface area (TPSA) is 75.7 Å². The van der Waals surface area contributed by atoms with Crippen molar-refractivity contribution >= 4 is 15.9 Å². The van der Waals surface area contributed by atoms with E-state index < -0.39 is 9.84 Å². The van der Waals surface area contributed by atoms with Crippen LogP contribution in [0.1, 0.15) is 6.42 Å². The summed E-state index contributed by atoms with van der Waals surface area (Å²) in [6.07, 6.45) is 0.156. The third-order valence-electron chi connectivity index (χ3n) is 3.27. The number of nitrogens with zero attached hydrogens (tertiary/aromatic N) is 1. The Balaban J connectivity index is 2.01. The molecule has 0 bridgehead atoms. The zero-order valence-corrected chi connectivity index (χ0v) is 10.7. The molecule has 2 aliphatic heterocycles. The Labute approximate surface area is 101 Å². The molecule has 2 saturated heterocycles. The maximum atomic E-state index is 11.6. The van der Waals surface area contributed by atoms with Gasteiger partial charge in [-0.3, -0.25) is 0 Å². The van der Waals surface area contributed by atoms with Crippen molar-refractivity contribution < 1.29 is 17.9 Å². The van der Waals surface area contributed by atoms with Crippen LogP contribution in [0.15, 0.2) is 0 Å². The van der Waals surface area contributed by atoms with E-state index in [2.05, 4.69) is 5.32 Å². The molecule has 0 aromatic carbocycles. The highest BCUT2D eigenvalue weighted by molar-refractivity contribution is 7.91. The smallest absolute Gasteiger partial charge is 0.410 e. The van der Waals surface area contributed by atoms with Gasteiger partial charge in [-0.1, -0.05) is 0 Å². The molecular weight excluding hydrogens is 244 g/mol. The number of cyclic esters (lactones) is 1. The third-order valence-corrected chi connectivity index (χ3v) is 5.02. The summed E-state index contributed by atoms with van der Waals surface area (Å²) in [6.45, 7) is 1.76. The van der Waals surface area contributed by atoms with E-state index in [0.717, 1.165) is 6.54 Å². The maximum absolute atomic E-state index is 11.6. The van der Waals surface area contributed by atoms with Gasteiger partial charge in [-0.15, -0.1) is 0 Å². The van der Waals surface area contributed by atoms with Crippen molar-refractivity contribution in [3.05, 3.63) is 0 Å². The van der Waals surface area contributed by atoms with Crippen molar-refractivity contribution in [3.8, 4) is 0 Å². The van der Waals surface area contributed by atoms with E-state index in [4.69, 9.17) is 4.74 Å². The van der Waals surface area contributed by atoms with Gasteiger partial charge in [-0.05, 0) is 13.5 Å². The summed E-state index contributed by atoms with van der Waals surface area (Å²) in [5.41, 5.74) is 0. The predicted octanol–water partition coefficient (Wildman–Crippen LogP) is -0.539. The molecule has 0 aromatic rings. The van der Waals surface area contributed by atoms with Crippen LogP contribution in [0.25, 0.3) is 0 Å². The van der Waals surface area contributed by atoms with Crippen molar-refractivity contribution in [1.82, 2.24) is 10.2 Å². The van der Waals surface area contributed by atoms with Gasteiger partial charge in [0.1, 0.15) is 0 Å². The van der Waals surface area contributed by atoms with Gasteiger partial charge in [0.05, 0.1) is 18.1 Å². The van der Waals surface area contributed by atoms with Gasteiger partial charge < -0.3 is 15.0 Å². The molecule has 2 unspecified atom stereocenters. The van der Waals surface area contributed by atoms with E-state index >= 15 is 0 Å². The van der Waals surface area contributed by atoms with Crippen molar-refractivity contribution in [2.24, 2.45) is 5.92 Å². The summed E-state index contributed by atoms with van der Waals surface area (Å²) in [5, 5.41) is 3.04. The molecule has 1 amide bonds. The summed E-state index contributed by atoms with van der Waals surface area (Å²) in [5.74, 6) is 0.494. The van der Waals surface area contributed by atoms with E-state index in [1.54, 1.807) is 4.90 Å². The van der Waals surface area contributed by atoms with Crippen LogP contribution in [0.4, 0.5) is 4.79 Å². The molecule has 1 N–H and O–H groups in total. The second-order valence-electron chi connectivity index (χ2n) is 4.71. The minimum absolute atomic E-state index is 0.0778. The fourth-order valence-corrected chi connectivity index (χ4v) is 4.14. The van der Waals surface area contributed by atoms with Gasteiger partial charge in [0.15, 0.2) is 9.84 Å². The van der Waals surface area contributed by atoms with E-state index in [0.29, 0.717) is 19.6 Å². The lowest BCUT2D eigenvalue weighted by Crippen LogP contribution is -2.50. The van der Waals surface area contributed by atoms with Crippen molar-refractivity contribution in [3.63, 3.8) is 0 Å². The average Bonchev–Trinajstić information content (AvgIpc) is 2.62. The Hall–Kier alpha value is -0.820. The van der Waals surface area contributed by atoms with E-state index in [-0.39, 0.29) is 29.6 Å². The fraction of sp³-hybridized carbons (Fsp3) is 0.900. The number of nitrogens with one attached hydrogen (secondary N) is 1. The first-order chi connectivity index (χ1) is 8.02. The van der Waals surface area contributed by atoms with Crippen LogP contribution in [0, 0.1) is 5.92 Å². The molecule has 7 heteroatoms. The number of carbonyl (C=O) groups excluding carboxylic acids is 1. The fourth-order valence-electron chi connectivity index (χ4n) is 2.41. The number of ether oxygens (including phenoxy) is 1. The number of sulfone groups is 1. The molecule has 6 nitrogen and oxygen atoms in total. The molecule has 0 spiro atoms. The molecule has 2 atom stereocenters. The van der Waals surface area contributed by atoms with Gasteiger partial charge in [-0.25, -0.2) is 13.2 Å². The summed E-state index contributed by atoms with van der Waals surface area (Å²) in [7, 11) is -1.12. The van der Waals surface area contributed by atoms with Gasteiger partial charge in [0, 0.05) is 25.0 Å². The standard InChI is InChI=1S/C10H18N2O4S/c1-11-4-8-5-12(10(13)16-6-8)9-2-3-17(14,15)7-9/h8-9,11H,2-7H2,1H3. The van der Waals surface area contributed by atoms with Gasteiger partial charge >= 0.3 is 6.09 Å². The number of hydrogen-bond donors (Lipinski definition) is 1. The number of rotatable bonds is 3. The van der Waals surface area contributed by atoms with Crippen molar-refractivity contribution in [2.45, 2.75) is 12.5 Å². The summed E-state index contributed by atoms with van der Waals surface area (Å²) < 4.78 is 27.9. The lowest BCUT2D eigenvalue weighted by atomic mass is 10.1. The molecular formula is C10H18N2O4S. The first-order valence-corrected chi connectivity index (χ1v) is 7.62. The van der Waals surface area contributed by atoms with E-state index in [9.17, 15) is 13.2 Å². The van der Waals surface area contributed by atoms with Crippen LogP contribution in [0.5, 0.6) is 0 Å². The minimum atomic E-state index is -2.96. The molecule has 0 aromatic heterocycles. The van der Waals surface area contributed by atoms with Gasteiger partial charge in [0.2, 0.25) is 0 Å². The SMILES string of the molecule is CNCC1COC(=O)N(C2CCS(=O)(=O)C2)C1. The van der Waals surface area contributed by atoms with Gasteiger partial charge in [-0.2, -0.15) is 0 Å². The molecule has 2 aliphatic rings. The largest absolute Gasteiger partial charge is 0.449 e. The first kappa shape index (κ1) is 12.6. The minimum Gasteiger partial charge on any atom is -0.449 e. The molecule has 0 radical (unpaired) electrons. The van der Waals surface area contributed by atoms with Crippen LogP contribution in [-0.4, -0.2) is 63.7 Å². The van der Waals surface area contributed by atoms with Crippen LogP contribution >= 0.6 is 0 Å². The molecule has 98 valence electrons. The molecule has 2 heterocycles. The van der Waals surface area contributed by atoms with Crippen LogP contribution in [-0.2, 0) is 14.6 Å². The zero-order chi connectivity index (χ0) is 12.5. The number of amides is 1. The second kappa shape index (κ2) is 4.81. The Morgan fingerprint density at radius 1 is 1.53 bits per heavy atom. The van der Waals surface area contributed by atoms with Crippen molar-refractivity contribution in [2.75, 3.05) is 38.2 Å². The van der Waals surface area contributed by atoms with Crippen LogP contribution in [0.3, 0.4) is 0 Å². The van der Waals surface area contributed by atoms with Crippen LogP contribution < -0.4 is 5.32 Å². The predicted molar refractivity (Wildman–Crippen MR) is 62.5 cm³/mol. The summed E-state index contributed by atoms with van der Waals surface area (Å²) in [6, 6.07) is -0.202. The highest BCUT2D eigenvalue weighted by Gasteiger charge is 2.38. The maximum Gasteiger partial charge on any atom is 0.410 e. The Kier molecular flexibility index (Phi) is 3.58. The highest BCUT2D eigenvalue weighted by atomic mass is 32.2. The van der Waals surface area contributed by atoms with Crippen molar-refractivity contribution in [1.29, 1.82) is 0 Å². The van der Waals surface area contributed by atoms with Crippen LogP contribution in [0.2, 0.25) is 0 Å². The molecule has 0 saturated carbocycles. The third kappa shape index (κ3) is 2.90. The molecule has 0 aliphatic carbocycles. The lowest BCUT2D eigenvalue weighted by molar-refractivity contribution is 0.0308. The Morgan fingerprint density at radius 2 is 2.29 bits per heavy atom. The Bertz CT molecular complexity index is 395. The molecule has 2 fully saturated rings. The summed E-state index contributed by atoms with van der Waals surface area (Å²) >= 11 is 0. The van der Waals surface area contributed by atoms with E-state index in [1.165, 1.54) is 0 Å². The highest BCUT2D eigenvalue weighted by Crippen LogP contribution is 2.22. The first-order valence-electron chi connectivity index (χ1n) is 5.80. The second-order valence-corrected chi connectivity index (χ2v) is 6.94. The lowest BCUT2D eigenvalue weighted by Gasteiger charge is -2.35. The number of carbonyl (C=O) groups is 1. The Morgan fingerprint density at radius 3 is 2.88 bits per heavy atom. The number of hydrogen-bond acceptors (Lipinski definition) is 5. The van der Waals surface area contributed by atoms with E-state index in [1.807, 2.05) is 7.05 Å². The molecule has 2 rings (SSSR count). The average molecular weight is 262 g/mol. The zero-order valence-electron chi connectivity index (χ0n) is 9.89. The quantitative estimate of drug-likeness (QED) is 0.739.